The highest BCUT2D eigenvalue weighted by atomic mass is 16.5. The molecule has 8 nitrogen and oxygen atoms in total. The molecule has 3 atom stereocenters. The second-order valence-electron chi connectivity index (χ2n) is 3.93. The number of amides is 1. The van der Waals surface area contributed by atoms with Gasteiger partial charge >= 0.3 is 11.9 Å². The Labute approximate surface area is 110 Å². The van der Waals surface area contributed by atoms with Gasteiger partial charge in [0, 0.05) is 0 Å². The van der Waals surface area contributed by atoms with Gasteiger partial charge in [-0.25, -0.2) is 9.59 Å². The number of carbonyl (C=O) groups excluding carboxylic acids is 2. The third-order valence-corrected chi connectivity index (χ3v) is 2.24. The van der Waals surface area contributed by atoms with Crippen molar-refractivity contribution in [3.05, 3.63) is 0 Å². The molecule has 0 rings (SSSR count). The van der Waals surface area contributed by atoms with E-state index in [1.807, 2.05) is 5.32 Å². The zero-order chi connectivity index (χ0) is 15.0. The Morgan fingerprint density at radius 2 is 2.00 bits per heavy atom. The standard InChI is InChI=1S/C11H18N2O6/c1-3-19-11(18)8(10(16)17)13-9(15)7(14)4-6(2)5-12/h5-8,12,14H,3-4H2,1-2H3,(H,13,15)(H,16,17). The van der Waals surface area contributed by atoms with E-state index in [1.54, 1.807) is 6.92 Å². The fraction of sp³-hybridized carbons (Fsp3) is 0.636. The van der Waals surface area contributed by atoms with Crippen molar-refractivity contribution >= 4 is 24.1 Å². The van der Waals surface area contributed by atoms with Crippen LogP contribution >= 0.6 is 0 Å². The van der Waals surface area contributed by atoms with Crippen LogP contribution in [0.4, 0.5) is 0 Å². The molecule has 0 fully saturated rings. The Bertz CT molecular complexity index is 357. The molecule has 0 heterocycles. The van der Waals surface area contributed by atoms with Crippen molar-refractivity contribution in [2.45, 2.75) is 32.4 Å². The molecule has 0 saturated heterocycles. The van der Waals surface area contributed by atoms with Gasteiger partial charge in [0.25, 0.3) is 0 Å². The summed E-state index contributed by atoms with van der Waals surface area (Å²) in [4.78, 5) is 33.6. The van der Waals surface area contributed by atoms with Crippen molar-refractivity contribution in [1.82, 2.24) is 5.32 Å². The van der Waals surface area contributed by atoms with Crippen LogP contribution in [0.3, 0.4) is 0 Å². The second-order valence-corrected chi connectivity index (χ2v) is 3.93. The van der Waals surface area contributed by atoms with E-state index in [0.717, 1.165) is 6.21 Å². The molecular formula is C11H18N2O6. The molecule has 0 radical (unpaired) electrons. The average molecular weight is 274 g/mol. The first-order valence-corrected chi connectivity index (χ1v) is 5.71. The van der Waals surface area contributed by atoms with Gasteiger partial charge in [-0.3, -0.25) is 4.79 Å². The topological polar surface area (TPSA) is 137 Å². The van der Waals surface area contributed by atoms with Gasteiger partial charge in [-0.2, -0.15) is 0 Å². The van der Waals surface area contributed by atoms with Gasteiger partial charge in [0.1, 0.15) is 6.10 Å². The number of hydrogen-bond acceptors (Lipinski definition) is 6. The number of ether oxygens (including phenoxy) is 1. The number of aliphatic hydroxyl groups is 1. The van der Waals surface area contributed by atoms with Crippen molar-refractivity contribution in [1.29, 1.82) is 5.41 Å². The monoisotopic (exact) mass is 274 g/mol. The molecule has 0 bridgehead atoms. The Morgan fingerprint density at radius 1 is 1.42 bits per heavy atom. The van der Waals surface area contributed by atoms with Crippen LogP contribution in [0.25, 0.3) is 0 Å². The lowest BCUT2D eigenvalue weighted by atomic mass is 10.0. The fourth-order valence-corrected chi connectivity index (χ4v) is 1.21. The summed E-state index contributed by atoms with van der Waals surface area (Å²) in [6.07, 6.45) is -0.478. The minimum Gasteiger partial charge on any atom is -0.479 e. The average Bonchev–Trinajstić information content (AvgIpc) is 2.34. The van der Waals surface area contributed by atoms with Crippen molar-refractivity contribution in [2.24, 2.45) is 5.92 Å². The molecule has 3 unspecified atom stereocenters. The first kappa shape index (κ1) is 17.0. The van der Waals surface area contributed by atoms with Crippen LogP contribution in [0, 0.1) is 11.3 Å². The number of rotatable bonds is 8. The molecular weight excluding hydrogens is 256 g/mol. The summed E-state index contributed by atoms with van der Waals surface area (Å²) in [6.45, 7) is 3.09. The van der Waals surface area contributed by atoms with Crippen LogP contribution in [0.2, 0.25) is 0 Å². The van der Waals surface area contributed by atoms with Crippen LogP contribution in [0.15, 0.2) is 0 Å². The molecule has 0 saturated carbocycles. The number of hydrogen-bond donors (Lipinski definition) is 4. The van der Waals surface area contributed by atoms with Crippen molar-refractivity contribution in [2.75, 3.05) is 6.61 Å². The Morgan fingerprint density at radius 3 is 2.42 bits per heavy atom. The number of aliphatic hydroxyl groups excluding tert-OH is 1. The molecule has 0 aromatic carbocycles. The number of carboxylic acids is 1. The van der Waals surface area contributed by atoms with Crippen molar-refractivity contribution in [3.63, 3.8) is 0 Å². The SMILES string of the molecule is CCOC(=O)C(NC(=O)C(O)CC(C)C=N)C(=O)O. The van der Waals surface area contributed by atoms with E-state index in [4.69, 9.17) is 10.5 Å². The summed E-state index contributed by atoms with van der Waals surface area (Å²) < 4.78 is 4.50. The van der Waals surface area contributed by atoms with E-state index in [9.17, 15) is 19.5 Å². The summed E-state index contributed by atoms with van der Waals surface area (Å²) >= 11 is 0. The maximum Gasteiger partial charge on any atom is 0.340 e. The summed E-state index contributed by atoms with van der Waals surface area (Å²) in [5, 5.41) is 27.1. The van der Waals surface area contributed by atoms with Gasteiger partial charge in [0.15, 0.2) is 0 Å². The highest BCUT2D eigenvalue weighted by Crippen LogP contribution is 2.04. The Kier molecular flexibility index (Phi) is 7.35. The van der Waals surface area contributed by atoms with Crippen LogP contribution in [-0.4, -0.2) is 53.0 Å². The quantitative estimate of drug-likeness (QED) is 0.258. The lowest BCUT2D eigenvalue weighted by Crippen LogP contribution is -2.50. The van der Waals surface area contributed by atoms with Gasteiger partial charge in [-0.1, -0.05) is 6.92 Å². The normalized spacial score (nSPS) is 14.9. The lowest BCUT2D eigenvalue weighted by molar-refractivity contribution is -0.157. The predicted molar refractivity (Wildman–Crippen MR) is 64.8 cm³/mol. The molecule has 0 spiro atoms. The highest BCUT2D eigenvalue weighted by Gasteiger charge is 2.31. The van der Waals surface area contributed by atoms with Crippen LogP contribution in [0.5, 0.6) is 0 Å². The van der Waals surface area contributed by atoms with Crippen molar-refractivity contribution < 1.29 is 29.3 Å². The summed E-state index contributed by atoms with van der Waals surface area (Å²) in [5.41, 5.74) is 0. The lowest BCUT2D eigenvalue weighted by Gasteiger charge is -2.17. The van der Waals surface area contributed by atoms with Gasteiger partial charge in [0.05, 0.1) is 6.61 Å². The van der Waals surface area contributed by atoms with E-state index in [2.05, 4.69) is 4.74 Å². The van der Waals surface area contributed by atoms with Crippen LogP contribution in [0.1, 0.15) is 20.3 Å². The zero-order valence-electron chi connectivity index (χ0n) is 10.8. The Balaban J connectivity index is 4.59. The fourth-order valence-electron chi connectivity index (χ4n) is 1.21. The number of carbonyl (C=O) groups is 3. The summed E-state index contributed by atoms with van der Waals surface area (Å²) in [7, 11) is 0. The minimum absolute atomic E-state index is 0.0219. The predicted octanol–water partition coefficient (Wildman–Crippen LogP) is -0.844. The minimum atomic E-state index is -1.85. The molecule has 4 N–H and O–H groups in total. The summed E-state index contributed by atoms with van der Waals surface area (Å²) in [5.74, 6) is -4.00. The maximum atomic E-state index is 11.5. The molecule has 0 aliphatic heterocycles. The van der Waals surface area contributed by atoms with E-state index in [0.29, 0.717) is 0 Å². The number of aliphatic carboxylic acids is 1. The molecule has 1 amide bonds. The highest BCUT2D eigenvalue weighted by molar-refractivity contribution is 6.02. The third-order valence-electron chi connectivity index (χ3n) is 2.24. The molecule has 0 aliphatic rings. The molecule has 19 heavy (non-hydrogen) atoms. The van der Waals surface area contributed by atoms with Gasteiger partial charge in [-0.05, 0) is 25.5 Å². The van der Waals surface area contributed by atoms with E-state index >= 15 is 0 Å². The van der Waals surface area contributed by atoms with Crippen LogP contribution < -0.4 is 5.32 Å². The first-order chi connectivity index (χ1) is 8.83. The van der Waals surface area contributed by atoms with E-state index in [-0.39, 0.29) is 18.9 Å². The molecule has 0 aliphatic carbocycles. The van der Waals surface area contributed by atoms with Crippen LogP contribution in [-0.2, 0) is 19.1 Å². The Hall–Kier alpha value is -1.96. The van der Waals surface area contributed by atoms with Gasteiger partial charge < -0.3 is 25.7 Å². The van der Waals surface area contributed by atoms with E-state index < -0.39 is 30.0 Å². The molecule has 0 aromatic heterocycles. The number of esters is 1. The molecule has 0 aromatic rings. The van der Waals surface area contributed by atoms with E-state index in [1.165, 1.54) is 6.92 Å². The number of nitrogens with one attached hydrogen (secondary N) is 2. The zero-order valence-corrected chi connectivity index (χ0v) is 10.8. The molecule has 108 valence electrons. The first-order valence-electron chi connectivity index (χ1n) is 5.71. The molecule has 8 heteroatoms. The van der Waals surface area contributed by atoms with Gasteiger partial charge in [0.2, 0.25) is 11.9 Å². The third kappa shape index (κ3) is 5.96. The smallest absolute Gasteiger partial charge is 0.340 e. The van der Waals surface area contributed by atoms with Crippen molar-refractivity contribution in [3.8, 4) is 0 Å². The number of carboxylic acid groups (broad SMARTS) is 1. The second kappa shape index (κ2) is 8.20. The van der Waals surface area contributed by atoms with Gasteiger partial charge in [-0.15, -0.1) is 0 Å². The largest absolute Gasteiger partial charge is 0.479 e. The summed E-state index contributed by atoms with van der Waals surface area (Å²) in [6, 6.07) is -1.85. The maximum absolute atomic E-state index is 11.5.